The van der Waals surface area contributed by atoms with Crippen LogP contribution in [0.5, 0.6) is 17.2 Å². The summed E-state index contributed by atoms with van der Waals surface area (Å²) in [5.74, 6) is 1.41. The molecule has 0 heterocycles. The second-order valence-corrected chi connectivity index (χ2v) is 8.58. The Hall–Kier alpha value is -2.77. The van der Waals surface area contributed by atoms with Crippen LogP contribution in [-0.2, 0) is 17.6 Å². The van der Waals surface area contributed by atoms with E-state index < -0.39 is 6.10 Å². The number of phenols is 1. The van der Waals surface area contributed by atoms with Gasteiger partial charge in [-0.05, 0) is 79.6 Å². The van der Waals surface area contributed by atoms with E-state index in [2.05, 4.69) is 23.6 Å². The molecule has 0 fully saturated rings. The number of aliphatic hydroxyl groups is 1. The lowest BCUT2D eigenvalue weighted by Crippen LogP contribution is -2.39. The highest BCUT2D eigenvalue weighted by Gasteiger charge is 2.18. The fraction of sp³-hybridized carbons (Fsp3) is 0.500. The Morgan fingerprint density at radius 1 is 1.12 bits per heavy atom. The van der Waals surface area contributed by atoms with Gasteiger partial charge in [-0.15, -0.1) is 0 Å². The Labute approximate surface area is 196 Å². The van der Waals surface area contributed by atoms with Crippen molar-refractivity contribution in [2.75, 3.05) is 26.3 Å². The first-order valence-corrected chi connectivity index (χ1v) is 11.9. The zero-order valence-electron chi connectivity index (χ0n) is 19.4. The lowest BCUT2D eigenvalue weighted by Gasteiger charge is -2.20. The number of rotatable bonds is 12. The molecule has 2 aromatic rings. The Morgan fingerprint density at radius 2 is 1.91 bits per heavy atom. The van der Waals surface area contributed by atoms with E-state index in [1.807, 2.05) is 12.1 Å². The van der Waals surface area contributed by atoms with Crippen LogP contribution in [0.1, 0.15) is 43.7 Å². The average Bonchev–Trinajstić information content (AvgIpc) is 3.02. The standard InChI is InChI=1S/C26H36N2O5/c1-2-3-13-27-26(31)18-33-25-10-7-19-5-4-6-21(14-20(19)15-25)28-16-23(30)17-32-24-11-8-22(29)9-12-24/h7-12,15,21,23,28-30H,2-6,13-14,16-18H2,1H3,(H,27,31)/t21?,23-/m0/s1. The number of unbranched alkanes of at least 4 members (excludes halogenated alkanes) is 1. The van der Waals surface area contributed by atoms with Crippen LogP contribution in [0, 0.1) is 0 Å². The highest BCUT2D eigenvalue weighted by atomic mass is 16.5. The van der Waals surface area contributed by atoms with Gasteiger partial charge < -0.3 is 30.3 Å². The van der Waals surface area contributed by atoms with Crippen molar-refractivity contribution >= 4 is 5.91 Å². The van der Waals surface area contributed by atoms with Gasteiger partial charge >= 0.3 is 0 Å². The quantitative estimate of drug-likeness (QED) is 0.289. The maximum Gasteiger partial charge on any atom is 0.257 e. The molecular weight excluding hydrogens is 420 g/mol. The van der Waals surface area contributed by atoms with Crippen molar-refractivity contribution in [1.29, 1.82) is 0 Å². The molecule has 2 atom stereocenters. The third-order valence-electron chi connectivity index (χ3n) is 5.79. The summed E-state index contributed by atoms with van der Waals surface area (Å²) in [6, 6.07) is 12.8. The van der Waals surface area contributed by atoms with Gasteiger partial charge in [0.25, 0.3) is 5.91 Å². The summed E-state index contributed by atoms with van der Waals surface area (Å²) >= 11 is 0. The number of hydrogen-bond donors (Lipinski definition) is 4. The maximum atomic E-state index is 11.9. The average molecular weight is 457 g/mol. The molecule has 1 amide bonds. The Kier molecular flexibility index (Phi) is 9.84. The molecule has 0 aliphatic heterocycles. The predicted octanol–water partition coefficient (Wildman–Crippen LogP) is 2.96. The molecule has 7 heteroatoms. The molecule has 0 aromatic heterocycles. The number of hydrogen-bond acceptors (Lipinski definition) is 6. The molecule has 0 bridgehead atoms. The fourth-order valence-electron chi connectivity index (χ4n) is 3.91. The molecular formula is C26H36N2O5. The molecule has 0 saturated heterocycles. The van der Waals surface area contributed by atoms with Crippen molar-refractivity contribution in [3.05, 3.63) is 53.6 Å². The van der Waals surface area contributed by atoms with Crippen LogP contribution in [0.2, 0.25) is 0 Å². The summed E-state index contributed by atoms with van der Waals surface area (Å²) in [5.41, 5.74) is 2.54. The molecule has 1 aliphatic rings. The predicted molar refractivity (Wildman–Crippen MR) is 128 cm³/mol. The first-order valence-electron chi connectivity index (χ1n) is 11.9. The summed E-state index contributed by atoms with van der Waals surface area (Å²) < 4.78 is 11.3. The first-order chi connectivity index (χ1) is 16.0. The number of ether oxygens (including phenoxy) is 2. The summed E-state index contributed by atoms with van der Waals surface area (Å²) in [5, 5.41) is 26.0. The van der Waals surface area contributed by atoms with Crippen molar-refractivity contribution in [2.45, 2.75) is 57.6 Å². The zero-order chi connectivity index (χ0) is 23.5. The van der Waals surface area contributed by atoms with Crippen LogP contribution >= 0.6 is 0 Å². The summed E-state index contributed by atoms with van der Waals surface area (Å²) in [6.07, 6.45) is 5.34. The normalized spacial score (nSPS) is 16.4. The minimum atomic E-state index is -0.637. The van der Waals surface area contributed by atoms with E-state index >= 15 is 0 Å². The van der Waals surface area contributed by atoms with Crippen molar-refractivity contribution in [3.8, 4) is 17.2 Å². The number of benzene rings is 2. The van der Waals surface area contributed by atoms with Gasteiger partial charge in [0.2, 0.25) is 0 Å². The van der Waals surface area contributed by atoms with E-state index in [0.29, 0.717) is 24.6 Å². The molecule has 0 saturated carbocycles. The van der Waals surface area contributed by atoms with Crippen molar-refractivity contribution in [1.82, 2.24) is 10.6 Å². The monoisotopic (exact) mass is 456 g/mol. The maximum absolute atomic E-state index is 11.9. The molecule has 0 radical (unpaired) electrons. The van der Waals surface area contributed by atoms with E-state index in [1.54, 1.807) is 24.3 Å². The molecule has 1 aliphatic carbocycles. The van der Waals surface area contributed by atoms with Gasteiger partial charge in [0.1, 0.15) is 30.0 Å². The van der Waals surface area contributed by atoms with Crippen LogP contribution in [0.15, 0.2) is 42.5 Å². The van der Waals surface area contributed by atoms with E-state index in [1.165, 1.54) is 11.1 Å². The van der Waals surface area contributed by atoms with E-state index in [9.17, 15) is 15.0 Å². The van der Waals surface area contributed by atoms with Gasteiger partial charge in [-0.1, -0.05) is 19.4 Å². The second-order valence-electron chi connectivity index (χ2n) is 8.58. The van der Waals surface area contributed by atoms with Gasteiger partial charge in [0, 0.05) is 19.1 Å². The van der Waals surface area contributed by atoms with Gasteiger partial charge in [-0.2, -0.15) is 0 Å². The summed E-state index contributed by atoms with van der Waals surface area (Å²) in [4.78, 5) is 11.9. The number of aromatic hydroxyl groups is 1. The number of carbonyl (C=O) groups is 1. The lowest BCUT2D eigenvalue weighted by molar-refractivity contribution is -0.123. The van der Waals surface area contributed by atoms with Crippen LogP contribution in [0.25, 0.3) is 0 Å². The number of amides is 1. The highest BCUT2D eigenvalue weighted by molar-refractivity contribution is 5.77. The molecule has 7 nitrogen and oxygen atoms in total. The van der Waals surface area contributed by atoms with Crippen LogP contribution in [0.3, 0.4) is 0 Å². The van der Waals surface area contributed by atoms with Crippen LogP contribution in [-0.4, -0.2) is 54.6 Å². The first kappa shape index (κ1) is 24.9. The molecule has 3 rings (SSSR count). The smallest absolute Gasteiger partial charge is 0.257 e. The lowest BCUT2D eigenvalue weighted by atomic mass is 10.0. The van der Waals surface area contributed by atoms with Crippen molar-refractivity contribution < 1.29 is 24.5 Å². The number of phenolic OH excluding ortho intramolecular Hbond substituents is 1. The number of aliphatic hydroxyl groups excluding tert-OH is 1. The molecule has 4 N–H and O–H groups in total. The van der Waals surface area contributed by atoms with E-state index in [-0.39, 0.29) is 30.9 Å². The largest absolute Gasteiger partial charge is 0.508 e. The molecule has 0 spiro atoms. The van der Waals surface area contributed by atoms with Crippen molar-refractivity contribution in [3.63, 3.8) is 0 Å². The number of carbonyl (C=O) groups excluding carboxylic acids is 1. The SMILES string of the molecule is CCCCNC(=O)COc1ccc2c(c1)CC(NC[C@H](O)COc1ccc(O)cc1)CCC2. The topological polar surface area (TPSA) is 100 Å². The van der Waals surface area contributed by atoms with Crippen LogP contribution in [0.4, 0.5) is 0 Å². The van der Waals surface area contributed by atoms with E-state index in [4.69, 9.17) is 9.47 Å². The minimum absolute atomic E-state index is 0.0252. The Balaban J connectivity index is 1.45. The van der Waals surface area contributed by atoms with Crippen LogP contribution < -0.4 is 20.1 Å². The van der Waals surface area contributed by atoms with Gasteiger partial charge in [0.15, 0.2) is 6.61 Å². The van der Waals surface area contributed by atoms with Gasteiger partial charge in [-0.25, -0.2) is 0 Å². The minimum Gasteiger partial charge on any atom is -0.508 e. The number of nitrogens with one attached hydrogen (secondary N) is 2. The number of aryl methyl sites for hydroxylation is 1. The van der Waals surface area contributed by atoms with Gasteiger partial charge in [0.05, 0.1) is 0 Å². The summed E-state index contributed by atoms with van der Waals surface area (Å²) in [7, 11) is 0. The zero-order valence-corrected chi connectivity index (χ0v) is 19.4. The highest BCUT2D eigenvalue weighted by Crippen LogP contribution is 2.25. The molecule has 180 valence electrons. The molecule has 1 unspecified atom stereocenters. The van der Waals surface area contributed by atoms with Crippen molar-refractivity contribution in [2.24, 2.45) is 0 Å². The molecule has 33 heavy (non-hydrogen) atoms. The molecule has 2 aromatic carbocycles. The Bertz CT molecular complexity index is 871. The third kappa shape index (κ3) is 8.59. The Morgan fingerprint density at radius 3 is 2.70 bits per heavy atom. The van der Waals surface area contributed by atoms with E-state index in [0.717, 1.165) is 38.5 Å². The second kappa shape index (κ2) is 13.1. The number of fused-ring (bicyclic) bond motifs is 1. The summed E-state index contributed by atoms with van der Waals surface area (Å²) in [6.45, 7) is 3.41. The fourth-order valence-corrected chi connectivity index (χ4v) is 3.91. The van der Waals surface area contributed by atoms with Gasteiger partial charge in [-0.3, -0.25) is 4.79 Å². The third-order valence-corrected chi connectivity index (χ3v) is 5.79.